The summed E-state index contributed by atoms with van der Waals surface area (Å²) in [5.41, 5.74) is 1.12. The molecule has 1 N–H and O–H groups in total. The smallest absolute Gasteiger partial charge is 0.392 e. The number of benzene rings is 1. The van der Waals surface area contributed by atoms with Crippen molar-refractivity contribution in [1.29, 1.82) is 0 Å². The molecule has 0 radical (unpaired) electrons. The summed E-state index contributed by atoms with van der Waals surface area (Å²) in [5, 5.41) is 9.98. The van der Waals surface area contributed by atoms with Crippen LogP contribution in [-0.4, -0.2) is 34.2 Å². The molecule has 1 aromatic heterocycles. The Balaban J connectivity index is 1.70. The number of aromatic nitrogens is 1. The van der Waals surface area contributed by atoms with Crippen LogP contribution in [-0.2, 0) is 12.6 Å². The number of likely N-dealkylation sites (tertiary alicyclic amines) is 1. The van der Waals surface area contributed by atoms with Crippen molar-refractivity contribution in [1.82, 2.24) is 9.88 Å². The molecule has 1 saturated heterocycles. The molecule has 3 nitrogen and oxygen atoms in total. The fourth-order valence-corrected chi connectivity index (χ4v) is 3.17. The first-order valence-electron chi connectivity index (χ1n) is 7.92. The Morgan fingerprint density at radius 3 is 2.50 bits per heavy atom. The molecule has 1 aliphatic rings. The minimum atomic E-state index is -4.33. The number of hydrogen-bond donors (Lipinski definition) is 1. The quantitative estimate of drug-likeness (QED) is 0.929. The van der Waals surface area contributed by atoms with Crippen molar-refractivity contribution in [3.05, 3.63) is 65.5 Å². The SMILES string of the molecule is O[C@@H]1C[C@@H](c2ccc(C(F)(F)F)cc2)N(CCc2ccccn2)C1. The van der Waals surface area contributed by atoms with Gasteiger partial charge in [-0.2, -0.15) is 13.2 Å². The van der Waals surface area contributed by atoms with Crippen molar-refractivity contribution >= 4 is 0 Å². The monoisotopic (exact) mass is 336 g/mol. The molecule has 1 aliphatic heterocycles. The zero-order valence-corrected chi connectivity index (χ0v) is 13.1. The number of pyridine rings is 1. The first-order valence-corrected chi connectivity index (χ1v) is 7.92. The van der Waals surface area contributed by atoms with Crippen LogP contribution in [0, 0.1) is 0 Å². The maximum Gasteiger partial charge on any atom is 0.416 e. The molecule has 0 amide bonds. The van der Waals surface area contributed by atoms with Gasteiger partial charge in [-0.25, -0.2) is 0 Å². The second kappa shape index (κ2) is 6.91. The molecule has 0 spiro atoms. The summed E-state index contributed by atoms with van der Waals surface area (Å²) in [6.45, 7) is 1.23. The highest BCUT2D eigenvalue weighted by Gasteiger charge is 2.33. The van der Waals surface area contributed by atoms with Crippen LogP contribution in [0.4, 0.5) is 13.2 Å². The Hall–Kier alpha value is -1.92. The van der Waals surface area contributed by atoms with Gasteiger partial charge in [0.1, 0.15) is 0 Å². The third-order valence-corrected chi connectivity index (χ3v) is 4.39. The van der Waals surface area contributed by atoms with E-state index in [1.807, 2.05) is 18.2 Å². The van der Waals surface area contributed by atoms with E-state index in [4.69, 9.17) is 0 Å². The molecule has 0 bridgehead atoms. The van der Waals surface area contributed by atoms with Crippen molar-refractivity contribution in [3.8, 4) is 0 Å². The number of aliphatic hydroxyl groups excluding tert-OH is 1. The average Bonchev–Trinajstić information content (AvgIpc) is 2.94. The van der Waals surface area contributed by atoms with Gasteiger partial charge in [0.2, 0.25) is 0 Å². The average molecular weight is 336 g/mol. The lowest BCUT2D eigenvalue weighted by Gasteiger charge is -2.24. The summed E-state index contributed by atoms with van der Waals surface area (Å²) in [7, 11) is 0. The Bertz CT molecular complexity index is 658. The van der Waals surface area contributed by atoms with Crippen LogP contribution in [0.25, 0.3) is 0 Å². The van der Waals surface area contributed by atoms with E-state index in [0.717, 1.165) is 29.8 Å². The maximum atomic E-state index is 12.7. The molecule has 2 aromatic rings. The van der Waals surface area contributed by atoms with E-state index in [1.165, 1.54) is 12.1 Å². The van der Waals surface area contributed by atoms with Gasteiger partial charge in [-0.15, -0.1) is 0 Å². The highest BCUT2D eigenvalue weighted by molar-refractivity contribution is 5.27. The van der Waals surface area contributed by atoms with E-state index >= 15 is 0 Å². The molecule has 2 heterocycles. The van der Waals surface area contributed by atoms with Crippen molar-refractivity contribution in [3.63, 3.8) is 0 Å². The standard InChI is InChI=1S/C18H19F3N2O/c19-18(20,21)14-6-4-13(5-7-14)17-11-16(24)12-23(17)10-8-15-3-1-2-9-22-15/h1-7,9,16-17,24H,8,10-12H2/t16-,17+/m1/s1. The van der Waals surface area contributed by atoms with Gasteiger partial charge in [0.05, 0.1) is 11.7 Å². The van der Waals surface area contributed by atoms with E-state index in [9.17, 15) is 18.3 Å². The van der Waals surface area contributed by atoms with Gasteiger partial charge >= 0.3 is 6.18 Å². The number of nitrogens with zero attached hydrogens (tertiary/aromatic N) is 2. The Morgan fingerprint density at radius 1 is 1.12 bits per heavy atom. The molecule has 24 heavy (non-hydrogen) atoms. The topological polar surface area (TPSA) is 36.4 Å². The number of alkyl halides is 3. The predicted octanol–water partition coefficient (Wildman–Crippen LogP) is 3.45. The van der Waals surface area contributed by atoms with Gasteiger partial charge in [0.25, 0.3) is 0 Å². The number of β-amino-alcohol motifs (C(OH)–C–C–N with tert-alkyl or cyclic N) is 1. The lowest BCUT2D eigenvalue weighted by molar-refractivity contribution is -0.137. The summed E-state index contributed by atoms with van der Waals surface area (Å²) < 4.78 is 38.1. The van der Waals surface area contributed by atoms with E-state index in [2.05, 4.69) is 9.88 Å². The van der Waals surface area contributed by atoms with Gasteiger partial charge in [-0.1, -0.05) is 18.2 Å². The minimum Gasteiger partial charge on any atom is -0.392 e. The van der Waals surface area contributed by atoms with Gasteiger partial charge in [0, 0.05) is 37.4 Å². The zero-order chi connectivity index (χ0) is 17.2. The third-order valence-electron chi connectivity index (χ3n) is 4.39. The molecule has 3 rings (SSSR count). The van der Waals surface area contributed by atoms with E-state index in [-0.39, 0.29) is 6.04 Å². The van der Waals surface area contributed by atoms with E-state index in [1.54, 1.807) is 6.20 Å². The molecule has 0 unspecified atom stereocenters. The lowest BCUT2D eigenvalue weighted by atomic mass is 10.0. The van der Waals surface area contributed by atoms with Crippen LogP contribution >= 0.6 is 0 Å². The number of aliphatic hydroxyl groups is 1. The fourth-order valence-electron chi connectivity index (χ4n) is 3.17. The van der Waals surface area contributed by atoms with E-state index < -0.39 is 17.8 Å². The van der Waals surface area contributed by atoms with Gasteiger partial charge < -0.3 is 5.11 Å². The summed E-state index contributed by atoms with van der Waals surface area (Å²) in [5.74, 6) is 0. The number of hydrogen-bond acceptors (Lipinski definition) is 3. The van der Waals surface area contributed by atoms with Crippen molar-refractivity contribution < 1.29 is 18.3 Å². The third kappa shape index (κ3) is 3.94. The van der Waals surface area contributed by atoms with Crippen LogP contribution in [0.1, 0.15) is 29.3 Å². The van der Waals surface area contributed by atoms with Crippen LogP contribution in [0.2, 0.25) is 0 Å². The summed E-state index contributed by atoms with van der Waals surface area (Å²) >= 11 is 0. The second-order valence-corrected chi connectivity index (χ2v) is 6.09. The summed E-state index contributed by atoms with van der Waals surface area (Å²) in [6, 6.07) is 10.9. The highest BCUT2D eigenvalue weighted by atomic mass is 19.4. The molecule has 0 saturated carbocycles. The van der Waals surface area contributed by atoms with Crippen molar-refractivity contribution in [2.24, 2.45) is 0 Å². The molecular formula is C18H19F3N2O. The molecule has 1 aromatic carbocycles. The first kappa shape index (κ1) is 16.9. The number of rotatable bonds is 4. The fraction of sp³-hybridized carbons (Fsp3) is 0.389. The summed E-state index contributed by atoms with van der Waals surface area (Å²) in [4.78, 5) is 6.39. The van der Waals surface area contributed by atoms with Crippen molar-refractivity contribution in [2.45, 2.75) is 31.2 Å². The normalized spacial score (nSPS) is 22.0. The largest absolute Gasteiger partial charge is 0.416 e. The Morgan fingerprint density at radius 2 is 1.88 bits per heavy atom. The minimum absolute atomic E-state index is 0.0639. The molecule has 1 fully saturated rings. The van der Waals surface area contributed by atoms with E-state index in [0.29, 0.717) is 19.5 Å². The number of halogens is 3. The Labute approximate surface area is 138 Å². The molecule has 6 heteroatoms. The molecule has 0 aliphatic carbocycles. The zero-order valence-electron chi connectivity index (χ0n) is 13.1. The summed E-state index contributed by atoms with van der Waals surface area (Å²) in [6.07, 6.45) is -1.77. The molecular weight excluding hydrogens is 317 g/mol. The van der Waals surface area contributed by atoms with Crippen molar-refractivity contribution in [2.75, 3.05) is 13.1 Å². The van der Waals surface area contributed by atoms with Crippen LogP contribution in [0.3, 0.4) is 0 Å². The van der Waals surface area contributed by atoms with Gasteiger partial charge in [-0.05, 0) is 36.2 Å². The van der Waals surface area contributed by atoms with Crippen LogP contribution in [0.5, 0.6) is 0 Å². The lowest BCUT2D eigenvalue weighted by Crippen LogP contribution is -2.27. The highest BCUT2D eigenvalue weighted by Crippen LogP contribution is 2.35. The predicted molar refractivity (Wildman–Crippen MR) is 84.3 cm³/mol. The van der Waals surface area contributed by atoms with Gasteiger partial charge in [-0.3, -0.25) is 9.88 Å². The van der Waals surface area contributed by atoms with Gasteiger partial charge in [0.15, 0.2) is 0 Å². The van der Waals surface area contributed by atoms with Crippen LogP contribution < -0.4 is 0 Å². The first-order chi connectivity index (χ1) is 11.4. The second-order valence-electron chi connectivity index (χ2n) is 6.09. The molecule has 128 valence electrons. The Kier molecular flexibility index (Phi) is 4.87. The maximum absolute atomic E-state index is 12.7. The molecule has 2 atom stereocenters. The van der Waals surface area contributed by atoms with Crippen LogP contribution in [0.15, 0.2) is 48.7 Å².